The molecule has 1 N–H and O–H groups in total. The van der Waals surface area contributed by atoms with Crippen LogP contribution < -0.4 is 5.32 Å². The molecule has 2 aromatic rings. The minimum absolute atomic E-state index is 0.0606. The highest BCUT2D eigenvalue weighted by Crippen LogP contribution is 2.40. The van der Waals surface area contributed by atoms with Crippen molar-refractivity contribution in [2.24, 2.45) is 0 Å². The Balaban J connectivity index is 1.35. The zero-order chi connectivity index (χ0) is 19.3. The number of thioether (sulfide) groups is 1. The summed E-state index contributed by atoms with van der Waals surface area (Å²) in [6, 6.07) is 10.1. The number of para-hydroxylation sites is 1. The van der Waals surface area contributed by atoms with Gasteiger partial charge in [0.05, 0.1) is 10.9 Å². The first kappa shape index (κ1) is 19.2. The van der Waals surface area contributed by atoms with Crippen LogP contribution in [0.5, 0.6) is 0 Å². The van der Waals surface area contributed by atoms with Crippen molar-refractivity contribution in [3.05, 3.63) is 47.8 Å². The molecule has 28 heavy (non-hydrogen) atoms. The molecule has 1 aromatic heterocycles. The van der Waals surface area contributed by atoms with Gasteiger partial charge in [-0.15, -0.1) is 5.10 Å². The van der Waals surface area contributed by atoms with Crippen molar-refractivity contribution < 1.29 is 4.79 Å². The van der Waals surface area contributed by atoms with E-state index in [2.05, 4.69) is 11.4 Å². The lowest BCUT2D eigenvalue weighted by molar-refractivity contribution is -0.120. The van der Waals surface area contributed by atoms with Crippen molar-refractivity contribution >= 4 is 17.7 Å². The molecule has 1 atom stereocenters. The number of carbonyl (C=O) groups excluding carboxylic acids is 1. The van der Waals surface area contributed by atoms with E-state index in [1.807, 2.05) is 41.9 Å². The third-order valence-electron chi connectivity index (χ3n) is 5.34. The molecule has 1 heterocycles. The minimum Gasteiger partial charge on any atom is -0.355 e. The van der Waals surface area contributed by atoms with Crippen LogP contribution in [0.2, 0.25) is 0 Å². The molecular weight excluding hydrogens is 368 g/mol. The van der Waals surface area contributed by atoms with Crippen LogP contribution in [0.15, 0.2) is 47.1 Å². The van der Waals surface area contributed by atoms with E-state index in [0.717, 1.165) is 24.5 Å². The molecule has 1 amide bonds. The van der Waals surface area contributed by atoms with Crippen molar-refractivity contribution in [3.8, 4) is 5.69 Å². The van der Waals surface area contributed by atoms with Gasteiger partial charge in [-0.2, -0.15) is 0 Å². The summed E-state index contributed by atoms with van der Waals surface area (Å²) in [4.78, 5) is 17.2. The molecule has 0 spiro atoms. The topological polar surface area (TPSA) is 59.8 Å². The summed E-state index contributed by atoms with van der Waals surface area (Å²) in [6.45, 7) is 2.65. The lowest BCUT2D eigenvalue weighted by Crippen LogP contribution is -2.32. The van der Waals surface area contributed by atoms with Gasteiger partial charge < -0.3 is 5.32 Å². The summed E-state index contributed by atoms with van der Waals surface area (Å²) in [5.41, 5.74) is 2.52. The number of rotatable bonds is 8. The van der Waals surface area contributed by atoms with Crippen LogP contribution in [0.1, 0.15) is 63.6 Å². The molecule has 0 saturated heterocycles. The molecule has 1 fully saturated rings. The summed E-state index contributed by atoms with van der Waals surface area (Å²) < 4.78 is 1.94. The van der Waals surface area contributed by atoms with Crippen molar-refractivity contribution in [1.82, 2.24) is 20.1 Å². The molecule has 1 unspecified atom stereocenters. The number of nitrogens with zero attached hydrogens (tertiary/aromatic N) is 3. The van der Waals surface area contributed by atoms with Gasteiger partial charge >= 0.3 is 0 Å². The number of hydrogen-bond acceptors (Lipinski definition) is 4. The van der Waals surface area contributed by atoms with E-state index in [1.165, 1.54) is 55.9 Å². The van der Waals surface area contributed by atoms with Gasteiger partial charge in [0.25, 0.3) is 0 Å². The molecule has 6 heteroatoms. The molecular formula is C22H28N4OS. The quantitative estimate of drug-likeness (QED) is 0.522. The molecule has 1 aromatic carbocycles. The zero-order valence-corrected chi connectivity index (χ0v) is 17.3. The Kier molecular flexibility index (Phi) is 6.15. The number of amides is 1. The maximum atomic E-state index is 12.5. The molecule has 0 aliphatic heterocycles. The Bertz CT molecular complexity index is 841. The minimum atomic E-state index is -0.209. The highest BCUT2D eigenvalue weighted by Gasteiger charge is 2.31. The Morgan fingerprint density at radius 1 is 1.29 bits per heavy atom. The van der Waals surface area contributed by atoms with Crippen LogP contribution in [-0.4, -0.2) is 32.5 Å². The molecule has 148 valence electrons. The predicted octanol–water partition coefficient (Wildman–Crippen LogP) is 4.63. The van der Waals surface area contributed by atoms with Crippen LogP contribution in [0.4, 0.5) is 0 Å². The largest absolute Gasteiger partial charge is 0.355 e. The van der Waals surface area contributed by atoms with Crippen LogP contribution in [0.3, 0.4) is 0 Å². The number of benzene rings is 1. The monoisotopic (exact) mass is 396 g/mol. The molecule has 0 bridgehead atoms. The fraction of sp³-hybridized carbons (Fsp3) is 0.500. The van der Waals surface area contributed by atoms with Gasteiger partial charge in [0, 0.05) is 12.5 Å². The summed E-state index contributed by atoms with van der Waals surface area (Å²) in [5, 5.41) is 8.25. The first-order valence-electron chi connectivity index (χ1n) is 10.4. The van der Waals surface area contributed by atoms with Gasteiger partial charge in [-0.3, -0.25) is 4.79 Å². The number of allylic oxidation sites excluding steroid dienone is 1. The Hall–Kier alpha value is -2.08. The summed E-state index contributed by atoms with van der Waals surface area (Å²) in [6.07, 6.45) is 10.6. The summed E-state index contributed by atoms with van der Waals surface area (Å²) in [7, 11) is 0. The van der Waals surface area contributed by atoms with E-state index < -0.39 is 0 Å². The number of nitrogens with one attached hydrogen (secondary N) is 1. The van der Waals surface area contributed by atoms with Gasteiger partial charge in [0.1, 0.15) is 5.82 Å². The van der Waals surface area contributed by atoms with Crippen molar-refractivity contribution in [2.45, 2.75) is 68.2 Å². The van der Waals surface area contributed by atoms with E-state index in [0.29, 0.717) is 11.1 Å². The number of hydrogen-bond donors (Lipinski definition) is 1. The number of aromatic nitrogens is 3. The average Bonchev–Trinajstić information content (AvgIpc) is 3.49. The van der Waals surface area contributed by atoms with Gasteiger partial charge in [-0.05, 0) is 64.0 Å². The second-order valence-electron chi connectivity index (χ2n) is 7.68. The van der Waals surface area contributed by atoms with E-state index in [-0.39, 0.29) is 11.2 Å². The maximum Gasteiger partial charge on any atom is 0.233 e. The molecule has 2 aliphatic carbocycles. The van der Waals surface area contributed by atoms with E-state index >= 15 is 0 Å². The van der Waals surface area contributed by atoms with Gasteiger partial charge in [-0.25, -0.2) is 9.67 Å². The van der Waals surface area contributed by atoms with Crippen molar-refractivity contribution in [3.63, 3.8) is 0 Å². The van der Waals surface area contributed by atoms with Crippen LogP contribution >= 0.6 is 11.8 Å². The highest BCUT2D eigenvalue weighted by molar-refractivity contribution is 8.00. The highest BCUT2D eigenvalue weighted by atomic mass is 32.2. The lowest BCUT2D eigenvalue weighted by Gasteiger charge is -2.14. The van der Waals surface area contributed by atoms with Gasteiger partial charge in [0.2, 0.25) is 11.1 Å². The summed E-state index contributed by atoms with van der Waals surface area (Å²) in [5.74, 6) is 1.57. The second-order valence-corrected chi connectivity index (χ2v) is 8.99. The second kappa shape index (κ2) is 8.95. The fourth-order valence-electron chi connectivity index (χ4n) is 3.55. The van der Waals surface area contributed by atoms with E-state index in [4.69, 9.17) is 10.1 Å². The zero-order valence-electron chi connectivity index (χ0n) is 16.4. The molecule has 1 saturated carbocycles. The first-order valence-corrected chi connectivity index (χ1v) is 11.2. The third-order valence-corrected chi connectivity index (χ3v) is 6.29. The van der Waals surface area contributed by atoms with Crippen molar-refractivity contribution in [1.29, 1.82) is 0 Å². The fourth-order valence-corrected chi connectivity index (χ4v) is 4.33. The average molecular weight is 397 g/mol. The smallest absolute Gasteiger partial charge is 0.233 e. The molecule has 5 nitrogen and oxygen atoms in total. The van der Waals surface area contributed by atoms with E-state index in [1.54, 1.807) is 0 Å². The van der Waals surface area contributed by atoms with Gasteiger partial charge in [0.15, 0.2) is 0 Å². The van der Waals surface area contributed by atoms with Crippen LogP contribution in [0, 0.1) is 0 Å². The molecule has 4 rings (SSSR count). The Morgan fingerprint density at radius 3 is 2.82 bits per heavy atom. The standard InChI is InChI=1S/C22H28N4OS/c1-16(21(27)23-15-14-17-8-4-2-5-9-17)28-22-24-20(18-12-13-18)26(25-22)19-10-6-3-7-11-19/h3,6-8,10-11,16,18H,2,4-5,9,12-15H2,1H3,(H,23,27). The SMILES string of the molecule is CC(Sc1nc(C2CC2)n(-c2ccccc2)n1)C(=O)NCCC1=CCCCC1. The normalized spacial score (nSPS) is 17.8. The van der Waals surface area contributed by atoms with Crippen LogP contribution in [-0.2, 0) is 4.79 Å². The maximum absolute atomic E-state index is 12.5. The van der Waals surface area contributed by atoms with Crippen LogP contribution in [0.25, 0.3) is 5.69 Å². The predicted molar refractivity (Wildman–Crippen MR) is 113 cm³/mol. The lowest BCUT2D eigenvalue weighted by atomic mass is 9.97. The Labute approximate surface area is 171 Å². The number of carbonyl (C=O) groups is 1. The third kappa shape index (κ3) is 4.85. The molecule has 0 radical (unpaired) electrons. The first-order chi connectivity index (χ1) is 13.7. The van der Waals surface area contributed by atoms with Gasteiger partial charge in [-0.1, -0.05) is 41.6 Å². The van der Waals surface area contributed by atoms with Crippen molar-refractivity contribution in [2.75, 3.05) is 6.54 Å². The molecule has 2 aliphatic rings. The Morgan fingerprint density at radius 2 is 2.11 bits per heavy atom. The summed E-state index contributed by atoms with van der Waals surface area (Å²) >= 11 is 1.44. The van der Waals surface area contributed by atoms with E-state index in [9.17, 15) is 4.79 Å².